The largest absolute Gasteiger partial charge is 0.508 e. The lowest BCUT2D eigenvalue weighted by molar-refractivity contribution is -0.00147. The van der Waals surface area contributed by atoms with Gasteiger partial charge >= 0.3 is 0 Å². The number of thioether (sulfide) groups is 1. The van der Waals surface area contributed by atoms with Gasteiger partial charge in [-0.1, -0.05) is 49.6 Å². The lowest BCUT2D eigenvalue weighted by Gasteiger charge is -2.48. The Morgan fingerprint density at radius 2 is 1.76 bits per heavy atom. The number of β-amino-alcohol motifs (C(OH)–C–C–N with tert-alkyl or cyclic N) is 1. The van der Waals surface area contributed by atoms with E-state index in [1.165, 1.54) is 37.0 Å². The van der Waals surface area contributed by atoms with Gasteiger partial charge in [0.15, 0.2) is 0 Å². The molecule has 5 nitrogen and oxygen atoms in total. The topological polar surface area (TPSA) is 67.8 Å². The van der Waals surface area contributed by atoms with Crippen molar-refractivity contribution in [3.8, 4) is 5.75 Å². The van der Waals surface area contributed by atoms with Crippen LogP contribution < -0.4 is 10.6 Å². The molecule has 4 rings (SSSR count). The van der Waals surface area contributed by atoms with Crippen molar-refractivity contribution in [3.05, 3.63) is 59.7 Å². The van der Waals surface area contributed by atoms with Gasteiger partial charge in [-0.25, -0.2) is 0 Å². The normalized spacial score (nSPS) is 24.1. The molecular formula is C32H49N3O2S. The number of phenolic OH excluding ortho intramolecular Hbond substituents is 1. The molecule has 2 aromatic rings. The average molecular weight is 540 g/mol. The molecule has 6 heteroatoms. The molecule has 2 aromatic carbocycles. The zero-order valence-electron chi connectivity index (χ0n) is 23.8. The van der Waals surface area contributed by atoms with Crippen molar-refractivity contribution in [2.75, 3.05) is 25.4 Å². The highest BCUT2D eigenvalue weighted by Crippen LogP contribution is 2.38. The summed E-state index contributed by atoms with van der Waals surface area (Å²) in [6.07, 6.45) is 6.18. The zero-order chi connectivity index (χ0) is 27.1. The number of aliphatic hydroxyl groups excluding tert-OH is 1. The average Bonchev–Trinajstić information content (AvgIpc) is 2.89. The lowest BCUT2D eigenvalue weighted by Crippen LogP contribution is -2.57. The van der Waals surface area contributed by atoms with E-state index < -0.39 is 6.10 Å². The molecule has 0 bridgehead atoms. The van der Waals surface area contributed by atoms with Gasteiger partial charge in [-0.2, -0.15) is 0 Å². The minimum atomic E-state index is -0.485. The number of piperidine rings is 1. The van der Waals surface area contributed by atoms with Gasteiger partial charge in [-0.15, -0.1) is 11.8 Å². The molecule has 5 atom stereocenters. The van der Waals surface area contributed by atoms with Crippen molar-refractivity contribution in [2.45, 2.75) is 95.0 Å². The Balaban J connectivity index is 1.46. The molecule has 0 aromatic heterocycles. The SMILES string of the molecule is Cc1c(O)cccc1CN[C@@H](CSc1ccccc1)[C@H](O)CN1C[C@H]2CCCC[C@H]2C[C@H]1CNC(C)(C)C. The molecule has 38 heavy (non-hydrogen) atoms. The van der Waals surface area contributed by atoms with Crippen molar-refractivity contribution in [2.24, 2.45) is 11.8 Å². The Morgan fingerprint density at radius 3 is 2.50 bits per heavy atom. The summed E-state index contributed by atoms with van der Waals surface area (Å²) in [6.45, 7) is 12.1. The molecule has 4 N–H and O–H groups in total. The minimum absolute atomic E-state index is 0.0674. The van der Waals surface area contributed by atoms with Crippen LogP contribution in [0.2, 0.25) is 0 Å². The van der Waals surface area contributed by atoms with Crippen LogP contribution in [0.5, 0.6) is 5.75 Å². The molecule has 1 aliphatic carbocycles. The van der Waals surface area contributed by atoms with Gasteiger partial charge in [0.05, 0.1) is 6.10 Å². The Hall–Kier alpha value is -1.57. The molecule has 1 heterocycles. The first-order valence-electron chi connectivity index (χ1n) is 14.6. The monoisotopic (exact) mass is 539 g/mol. The van der Waals surface area contributed by atoms with Crippen LogP contribution in [0.15, 0.2) is 53.4 Å². The summed E-state index contributed by atoms with van der Waals surface area (Å²) in [7, 11) is 0. The maximum absolute atomic E-state index is 11.7. The van der Waals surface area contributed by atoms with Crippen molar-refractivity contribution in [1.29, 1.82) is 0 Å². The molecule has 0 unspecified atom stereocenters. The standard InChI is InChI=1S/C32H49N3O2S/c1-23-25(13-10-16-30(23)36)18-33-29(22-38-28-14-6-5-7-15-28)31(37)21-35-20-26-12-9-8-11-24(26)17-27(35)19-34-32(2,3)4/h5-7,10,13-16,24,26-27,29,31,33-34,36-37H,8-9,11-12,17-22H2,1-4H3/t24-,26+,27-,29-,31+/m0/s1. The van der Waals surface area contributed by atoms with Crippen molar-refractivity contribution in [3.63, 3.8) is 0 Å². The number of aromatic hydroxyl groups is 1. The lowest BCUT2D eigenvalue weighted by atomic mass is 9.72. The van der Waals surface area contributed by atoms with Crippen LogP contribution in [-0.2, 0) is 6.54 Å². The van der Waals surface area contributed by atoms with Crippen LogP contribution in [0.25, 0.3) is 0 Å². The van der Waals surface area contributed by atoms with Gasteiger partial charge in [-0.05, 0) is 81.7 Å². The van der Waals surface area contributed by atoms with E-state index >= 15 is 0 Å². The third-order valence-corrected chi connectivity index (χ3v) is 9.66. The maximum Gasteiger partial charge on any atom is 0.118 e. The number of nitrogens with one attached hydrogen (secondary N) is 2. The second-order valence-electron chi connectivity index (χ2n) is 12.5. The fraction of sp³-hybridized carbons (Fsp3) is 0.625. The van der Waals surface area contributed by atoms with E-state index in [1.54, 1.807) is 17.8 Å². The van der Waals surface area contributed by atoms with Crippen LogP contribution >= 0.6 is 11.8 Å². The molecule has 1 saturated heterocycles. The van der Waals surface area contributed by atoms with Gasteiger partial charge in [0.25, 0.3) is 0 Å². The predicted molar refractivity (Wildman–Crippen MR) is 160 cm³/mol. The number of phenols is 1. The highest BCUT2D eigenvalue weighted by Gasteiger charge is 2.38. The van der Waals surface area contributed by atoms with Gasteiger partial charge in [0.1, 0.15) is 5.75 Å². The van der Waals surface area contributed by atoms with Gasteiger partial charge in [0, 0.05) is 54.4 Å². The third-order valence-electron chi connectivity index (χ3n) is 8.53. The van der Waals surface area contributed by atoms with Crippen LogP contribution in [0, 0.1) is 18.8 Å². The van der Waals surface area contributed by atoms with E-state index in [1.807, 2.05) is 19.1 Å². The quantitative estimate of drug-likeness (QED) is 0.280. The molecule has 0 spiro atoms. The van der Waals surface area contributed by atoms with E-state index in [0.29, 0.717) is 24.9 Å². The summed E-state index contributed by atoms with van der Waals surface area (Å²) in [6, 6.07) is 16.5. The highest BCUT2D eigenvalue weighted by atomic mass is 32.2. The number of aliphatic hydroxyl groups is 1. The van der Waals surface area contributed by atoms with E-state index in [0.717, 1.165) is 41.8 Å². The van der Waals surface area contributed by atoms with E-state index in [9.17, 15) is 10.2 Å². The number of nitrogens with zero attached hydrogens (tertiary/aromatic N) is 1. The van der Waals surface area contributed by atoms with Crippen LogP contribution in [0.3, 0.4) is 0 Å². The summed E-state index contributed by atoms with van der Waals surface area (Å²) >= 11 is 1.79. The number of benzene rings is 2. The number of fused-ring (bicyclic) bond motifs is 1. The smallest absolute Gasteiger partial charge is 0.118 e. The summed E-state index contributed by atoms with van der Waals surface area (Å²) in [5.74, 6) is 2.71. The van der Waals surface area contributed by atoms with Gasteiger partial charge in [-0.3, -0.25) is 4.90 Å². The minimum Gasteiger partial charge on any atom is -0.508 e. The zero-order valence-corrected chi connectivity index (χ0v) is 24.6. The van der Waals surface area contributed by atoms with E-state index in [4.69, 9.17) is 0 Å². The second-order valence-corrected chi connectivity index (χ2v) is 13.6. The second kappa shape index (κ2) is 13.7. The Labute approximate surface area is 234 Å². The van der Waals surface area contributed by atoms with E-state index in [2.05, 4.69) is 66.6 Å². The number of rotatable bonds is 11. The molecule has 2 aliphatic rings. The summed E-state index contributed by atoms with van der Waals surface area (Å²) in [5.41, 5.74) is 2.06. The summed E-state index contributed by atoms with van der Waals surface area (Å²) in [4.78, 5) is 3.81. The maximum atomic E-state index is 11.7. The Kier molecular flexibility index (Phi) is 10.6. The molecule has 210 valence electrons. The number of hydrogen-bond donors (Lipinski definition) is 4. The third kappa shape index (κ3) is 8.46. The predicted octanol–water partition coefficient (Wildman–Crippen LogP) is 5.58. The Morgan fingerprint density at radius 1 is 1.03 bits per heavy atom. The molecular weight excluding hydrogens is 490 g/mol. The van der Waals surface area contributed by atoms with Crippen molar-refractivity contribution >= 4 is 11.8 Å². The highest BCUT2D eigenvalue weighted by molar-refractivity contribution is 7.99. The fourth-order valence-corrected chi connectivity index (χ4v) is 7.18. The van der Waals surface area contributed by atoms with E-state index in [-0.39, 0.29) is 11.6 Å². The molecule has 0 radical (unpaired) electrons. The number of hydrogen-bond acceptors (Lipinski definition) is 6. The number of likely N-dealkylation sites (tertiary alicyclic amines) is 1. The van der Waals surface area contributed by atoms with Crippen LogP contribution in [0.4, 0.5) is 0 Å². The molecule has 2 fully saturated rings. The van der Waals surface area contributed by atoms with Crippen molar-refractivity contribution in [1.82, 2.24) is 15.5 Å². The molecule has 1 aliphatic heterocycles. The first-order chi connectivity index (χ1) is 18.2. The van der Waals surface area contributed by atoms with Gasteiger partial charge in [0.2, 0.25) is 0 Å². The van der Waals surface area contributed by atoms with Crippen LogP contribution in [0.1, 0.15) is 64.0 Å². The Bertz CT molecular complexity index is 996. The first kappa shape index (κ1) is 29.4. The fourth-order valence-electron chi connectivity index (χ4n) is 6.12. The van der Waals surface area contributed by atoms with Gasteiger partial charge < -0.3 is 20.8 Å². The summed E-state index contributed by atoms with van der Waals surface area (Å²) < 4.78 is 0. The van der Waals surface area contributed by atoms with Crippen LogP contribution in [-0.4, -0.2) is 64.2 Å². The molecule has 0 amide bonds. The van der Waals surface area contributed by atoms with Crippen molar-refractivity contribution < 1.29 is 10.2 Å². The first-order valence-corrected chi connectivity index (χ1v) is 15.5. The molecule has 1 saturated carbocycles. The summed E-state index contributed by atoms with van der Waals surface area (Å²) in [5, 5.41) is 29.3.